The first-order valence-electron chi connectivity index (χ1n) is 6.65. The van der Waals surface area contributed by atoms with Gasteiger partial charge in [0, 0.05) is 23.7 Å². The molecule has 0 aliphatic rings. The van der Waals surface area contributed by atoms with Gasteiger partial charge in [-0.3, -0.25) is 9.98 Å². The maximum absolute atomic E-state index is 4.83. The minimum absolute atomic E-state index is 0.473. The summed E-state index contributed by atoms with van der Waals surface area (Å²) in [6.07, 6.45) is 3.64. The zero-order chi connectivity index (χ0) is 13.8. The number of hydrogen-bond donors (Lipinski definition) is 0. The maximum atomic E-state index is 4.83. The maximum Gasteiger partial charge on any atom is 0.0696 e. The van der Waals surface area contributed by atoms with Crippen molar-refractivity contribution in [2.75, 3.05) is 0 Å². The molecular formula is C17H20N2. The minimum Gasteiger partial charge on any atom is -0.264 e. The van der Waals surface area contributed by atoms with E-state index in [0.29, 0.717) is 5.92 Å². The second-order valence-corrected chi connectivity index (χ2v) is 5.11. The average Bonchev–Trinajstić information content (AvgIpc) is 2.41. The van der Waals surface area contributed by atoms with Crippen LogP contribution in [-0.2, 0) is 0 Å². The molecule has 2 rings (SSSR count). The normalized spacial score (nSPS) is 11.9. The van der Waals surface area contributed by atoms with Crippen molar-refractivity contribution >= 4 is 11.4 Å². The number of hydrogen-bond acceptors (Lipinski definition) is 2. The lowest BCUT2D eigenvalue weighted by Gasteiger charge is -2.12. The van der Waals surface area contributed by atoms with Gasteiger partial charge in [-0.25, -0.2) is 0 Å². The van der Waals surface area contributed by atoms with Crippen molar-refractivity contribution in [1.29, 1.82) is 0 Å². The van der Waals surface area contributed by atoms with Crippen LogP contribution in [0.3, 0.4) is 0 Å². The molecule has 0 bridgehead atoms. The lowest BCUT2D eigenvalue weighted by Crippen LogP contribution is -1.97. The van der Waals surface area contributed by atoms with Gasteiger partial charge in [-0.2, -0.15) is 0 Å². The molecule has 0 atom stereocenters. The summed E-state index contributed by atoms with van der Waals surface area (Å²) in [5, 5.41) is 0. The van der Waals surface area contributed by atoms with Crippen LogP contribution in [-0.4, -0.2) is 10.7 Å². The molecule has 0 unspecified atom stereocenters. The fraction of sp³-hybridized carbons (Fsp3) is 0.294. The van der Waals surface area contributed by atoms with E-state index in [1.54, 1.807) is 6.20 Å². The first-order chi connectivity index (χ1) is 9.09. The summed E-state index contributed by atoms with van der Waals surface area (Å²) in [4.78, 5) is 8.97. The van der Waals surface area contributed by atoms with Gasteiger partial charge in [0.1, 0.15) is 0 Å². The Labute approximate surface area is 115 Å². The zero-order valence-electron chi connectivity index (χ0n) is 12.0. The third-order valence-corrected chi connectivity index (χ3v) is 3.25. The van der Waals surface area contributed by atoms with E-state index in [1.807, 2.05) is 25.3 Å². The molecule has 2 heteroatoms. The molecular weight excluding hydrogens is 232 g/mol. The van der Waals surface area contributed by atoms with Crippen LogP contribution in [0, 0.1) is 6.92 Å². The number of aliphatic imine (C=N–C) groups is 1. The Balaban J connectivity index is 2.48. The van der Waals surface area contributed by atoms with Gasteiger partial charge in [0.25, 0.3) is 0 Å². The molecule has 2 aromatic rings. The highest BCUT2D eigenvalue weighted by atomic mass is 14.8. The van der Waals surface area contributed by atoms with Gasteiger partial charge >= 0.3 is 0 Å². The molecule has 0 saturated carbocycles. The fourth-order valence-corrected chi connectivity index (χ4v) is 2.11. The molecule has 0 aliphatic carbocycles. The van der Waals surface area contributed by atoms with Crippen molar-refractivity contribution < 1.29 is 0 Å². The smallest absolute Gasteiger partial charge is 0.0696 e. The van der Waals surface area contributed by atoms with E-state index in [9.17, 15) is 0 Å². The minimum atomic E-state index is 0.473. The van der Waals surface area contributed by atoms with Crippen molar-refractivity contribution in [1.82, 2.24) is 4.98 Å². The third-order valence-electron chi connectivity index (χ3n) is 3.25. The lowest BCUT2D eigenvalue weighted by molar-refractivity contribution is 0.865. The first-order valence-corrected chi connectivity index (χ1v) is 6.65. The molecule has 2 nitrogen and oxygen atoms in total. The molecule has 0 fully saturated rings. The molecule has 0 amide bonds. The van der Waals surface area contributed by atoms with Crippen LogP contribution in [0.2, 0.25) is 0 Å². The number of para-hydroxylation sites is 1. The summed E-state index contributed by atoms with van der Waals surface area (Å²) < 4.78 is 0. The molecule has 98 valence electrons. The van der Waals surface area contributed by atoms with E-state index in [0.717, 1.165) is 17.0 Å². The summed E-state index contributed by atoms with van der Waals surface area (Å²) in [6.45, 7) is 8.55. The Morgan fingerprint density at radius 3 is 2.58 bits per heavy atom. The Hall–Kier alpha value is -1.96. The van der Waals surface area contributed by atoms with E-state index in [2.05, 4.69) is 44.0 Å². The van der Waals surface area contributed by atoms with Gasteiger partial charge < -0.3 is 0 Å². The number of nitrogens with zero attached hydrogens (tertiary/aromatic N) is 2. The van der Waals surface area contributed by atoms with E-state index < -0.39 is 0 Å². The SMILES string of the molecule is CC(=Nc1c(C)cccc1C(C)C)c1cccnc1. The van der Waals surface area contributed by atoms with E-state index >= 15 is 0 Å². The summed E-state index contributed by atoms with van der Waals surface area (Å²) in [6, 6.07) is 10.4. The van der Waals surface area contributed by atoms with Crippen LogP contribution in [0.5, 0.6) is 0 Å². The Kier molecular flexibility index (Phi) is 4.10. The summed E-state index contributed by atoms with van der Waals surface area (Å²) >= 11 is 0. The van der Waals surface area contributed by atoms with E-state index in [1.165, 1.54) is 11.1 Å². The second kappa shape index (κ2) is 5.79. The number of benzene rings is 1. The topological polar surface area (TPSA) is 25.2 Å². The highest BCUT2D eigenvalue weighted by molar-refractivity contribution is 6.00. The largest absolute Gasteiger partial charge is 0.264 e. The number of aryl methyl sites for hydroxylation is 1. The molecule has 0 N–H and O–H groups in total. The Morgan fingerprint density at radius 2 is 1.95 bits per heavy atom. The van der Waals surface area contributed by atoms with Crippen molar-refractivity contribution in [2.45, 2.75) is 33.6 Å². The highest BCUT2D eigenvalue weighted by Gasteiger charge is 2.09. The van der Waals surface area contributed by atoms with Crippen LogP contribution in [0.15, 0.2) is 47.7 Å². The summed E-state index contributed by atoms with van der Waals surface area (Å²) in [5.41, 5.74) is 5.68. The molecule has 0 saturated heterocycles. The van der Waals surface area contributed by atoms with Crippen molar-refractivity contribution in [3.63, 3.8) is 0 Å². The van der Waals surface area contributed by atoms with Crippen molar-refractivity contribution in [3.8, 4) is 0 Å². The molecule has 0 aliphatic heterocycles. The van der Waals surface area contributed by atoms with Crippen LogP contribution in [0.25, 0.3) is 0 Å². The fourth-order valence-electron chi connectivity index (χ4n) is 2.11. The molecule has 0 radical (unpaired) electrons. The Bertz CT molecular complexity index is 583. The van der Waals surface area contributed by atoms with Crippen LogP contribution < -0.4 is 0 Å². The molecule has 1 aromatic heterocycles. The standard InChI is InChI=1S/C17H20N2/c1-12(2)16-9-5-7-13(3)17(16)19-14(4)15-8-6-10-18-11-15/h5-12H,1-4H3. The predicted molar refractivity (Wildman–Crippen MR) is 81.4 cm³/mol. The van der Waals surface area contributed by atoms with Crippen molar-refractivity contribution in [2.24, 2.45) is 4.99 Å². The second-order valence-electron chi connectivity index (χ2n) is 5.11. The van der Waals surface area contributed by atoms with Gasteiger partial charge in [0.05, 0.1) is 5.69 Å². The van der Waals surface area contributed by atoms with Crippen LogP contribution in [0.4, 0.5) is 5.69 Å². The first kappa shape index (κ1) is 13.5. The Morgan fingerprint density at radius 1 is 1.16 bits per heavy atom. The van der Waals surface area contributed by atoms with Gasteiger partial charge in [-0.05, 0) is 37.0 Å². The zero-order valence-corrected chi connectivity index (χ0v) is 12.0. The number of rotatable bonds is 3. The monoisotopic (exact) mass is 252 g/mol. The van der Waals surface area contributed by atoms with E-state index in [4.69, 9.17) is 4.99 Å². The van der Waals surface area contributed by atoms with E-state index in [-0.39, 0.29) is 0 Å². The van der Waals surface area contributed by atoms with Crippen LogP contribution in [0.1, 0.15) is 43.4 Å². The predicted octanol–water partition coefficient (Wildman–Crippen LogP) is 4.65. The third kappa shape index (κ3) is 3.08. The van der Waals surface area contributed by atoms with Crippen LogP contribution >= 0.6 is 0 Å². The van der Waals surface area contributed by atoms with Gasteiger partial charge in [0.2, 0.25) is 0 Å². The molecule has 19 heavy (non-hydrogen) atoms. The average molecular weight is 252 g/mol. The van der Waals surface area contributed by atoms with Gasteiger partial charge in [0.15, 0.2) is 0 Å². The quantitative estimate of drug-likeness (QED) is 0.730. The van der Waals surface area contributed by atoms with Gasteiger partial charge in [-0.15, -0.1) is 0 Å². The molecule has 0 spiro atoms. The summed E-state index contributed by atoms with van der Waals surface area (Å²) in [5.74, 6) is 0.473. The van der Waals surface area contributed by atoms with Gasteiger partial charge in [-0.1, -0.05) is 38.1 Å². The lowest BCUT2D eigenvalue weighted by atomic mass is 9.98. The number of pyridine rings is 1. The van der Waals surface area contributed by atoms with Crippen molar-refractivity contribution in [3.05, 3.63) is 59.4 Å². The molecule has 1 heterocycles. The number of aromatic nitrogens is 1. The highest BCUT2D eigenvalue weighted by Crippen LogP contribution is 2.30. The summed E-state index contributed by atoms with van der Waals surface area (Å²) in [7, 11) is 0. The molecule has 1 aromatic carbocycles.